The van der Waals surface area contributed by atoms with Gasteiger partial charge in [-0.25, -0.2) is 0 Å². The van der Waals surface area contributed by atoms with Crippen LogP contribution in [0.5, 0.6) is 0 Å². The smallest absolute Gasteiger partial charge is 0.391 e. The third-order valence-corrected chi connectivity index (χ3v) is 7.25. The van der Waals surface area contributed by atoms with Crippen molar-refractivity contribution in [2.24, 2.45) is 29.6 Å². The van der Waals surface area contributed by atoms with E-state index in [1.165, 1.54) is 25.7 Å². The number of hydrogen-bond donors (Lipinski definition) is 0. The highest BCUT2D eigenvalue weighted by Gasteiger charge is 2.42. The van der Waals surface area contributed by atoms with E-state index in [4.69, 9.17) is 4.74 Å². The van der Waals surface area contributed by atoms with E-state index in [1.54, 1.807) is 0 Å². The molecule has 3 aliphatic rings. The molecular weight excluding hydrogens is 353 g/mol. The number of carbonyl (C=O) groups excluding carboxylic acids is 1. The van der Waals surface area contributed by atoms with Crippen LogP contribution in [0.1, 0.15) is 95.7 Å². The summed E-state index contributed by atoms with van der Waals surface area (Å²) in [6, 6.07) is 0. The van der Waals surface area contributed by atoms with Gasteiger partial charge in [0.2, 0.25) is 0 Å². The van der Waals surface area contributed by atoms with Gasteiger partial charge < -0.3 is 4.74 Å². The molecule has 0 aliphatic heterocycles. The van der Waals surface area contributed by atoms with E-state index in [2.05, 4.69) is 6.92 Å². The third kappa shape index (κ3) is 6.12. The molecule has 0 spiro atoms. The maximum atomic E-state index is 12.7. The van der Waals surface area contributed by atoms with Gasteiger partial charge in [0.05, 0.1) is 11.8 Å². The monoisotopic (exact) mass is 396 g/mol. The first kappa shape index (κ1) is 22.5. The molecule has 0 aromatic heterocycles. The normalized spacial score (nSPS) is 37.9. The lowest BCUT2D eigenvalue weighted by Crippen LogP contribution is -2.34. The van der Waals surface area contributed by atoms with Crippen LogP contribution >= 0.6 is 0 Å². The van der Waals surface area contributed by atoms with E-state index in [-0.39, 0.29) is 42.5 Å². The summed E-state index contributed by atoms with van der Waals surface area (Å²) < 4.78 is 43.8. The van der Waals surface area contributed by atoms with E-state index in [1.807, 2.05) is 0 Å². The standard InChI is InChI=1S/C21H33F3O2.CH4.3H2/c1-14-2-4-15(5-3-14)16-6-8-17(9-7-16)20(25)26-19-12-10-18(11-13-19)21(22,23)24;;;;/h14-19H,2-13H2,1H3;1H4;3*1H. The second-order valence-corrected chi connectivity index (χ2v) is 9.08. The Hall–Kier alpha value is -0.740. The molecule has 0 aromatic rings. The first-order chi connectivity index (χ1) is 12.3. The predicted molar refractivity (Wildman–Crippen MR) is 108 cm³/mol. The van der Waals surface area contributed by atoms with Gasteiger partial charge in [0, 0.05) is 4.28 Å². The van der Waals surface area contributed by atoms with Crippen LogP contribution in [-0.2, 0) is 9.53 Å². The lowest BCUT2D eigenvalue weighted by molar-refractivity contribution is -0.189. The van der Waals surface area contributed by atoms with Crippen LogP contribution in [0, 0.1) is 29.6 Å². The summed E-state index contributed by atoms with van der Waals surface area (Å²) in [5.41, 5.74) is 0. The predicted octanol–water partition coefficient (Wildman–Crippen LogP) is 7.66. The number of ether oxygens (including phenoxy) is 1. The number of carbonyl (C=O) groups is 1. The topological polar surface area (TPSA) is 26.3 Å². The Morgan fingerprint density at radius 3 is 1.78 bits per heavy atom. The summed E-state index contributed by atoms with van der Waals surface area (Å²) in [6.07, 6.45) is 5.84. The second kappa shape index (κ2) is 9.65. The summed E-state index contributed by atoms with van der Waals surface area (Å²) in [6.45, 7) is 2.34. The molecule has 0 saturated heterocycles. The maximum Gasteiger partial charge on any atom is 0.391 e. The van der Waals surface area contributed by atoms with Crippen molar-refractivity contribution in [1.82, 2.24) is 0 Å². The minimum Gasteiger partial charge on any atom is -0.462 e. The molecule has 3 saturated carbocycles. The fourth-order valence-electron chi connectivity index (χ4n) is 5.35. The van der Waals surface area contributed by atoms with Crippen LogP contribution < -0.4 is 0 Å². The highest BCUT2D eigenvalue weighted by atomic mass is 19.4. The number of alkyl halides is 3. The Morgan fingerprint density at radius 2 is 1.30 bits per heavy atom. The summed E-state index contributed by atoms with van der Waals surface area (Å²) in [4.78, 5) is 12.4. The molecule has 3 fully saturated rings. The van der Waals surface area contributed by atoms with Crippen LogP contribution in [0.4, 0.5) is 13.2 Å². The minimum absolute atomic E-state index is 0. The van der Waals surface area contributed by atoms with Gasteiger partial charge in [0.1, 0.15) is 6.10 Å². The van der Waals surface area contributed by atoms with Crippen LogP contribution in [0.3, 0.4) is 0 Å². The van der Waals surface area contributed by atoms with Gasteiger partial charge in [0.25, 0.3) is 0 Å². The zero-order valence-corrected chi connectivity index (χ0v) is 15.9. The lowest BCUT2D eigenvalue weighted by Gasteiger charge is -2.37. The Balaban J connectivity index is 0. The van der Waals surface area contributed by atoms with Crippen LogP contribution in [-0.4, -0.2) is 18.2 Å². The SMILES string of the molecule is C.CC1CCC(C2CCC(C(=O)OC3CCC(C(F)(F)F)CC3)CC2)CC1.[HH].[HH].[HH]. The van der Waals surface area contributed by atoms with Gasteiger partial charge in [-0.15, -0.1) is 0 Å². The summed E-state index contributed by atoms with van der Waals surface area (Å²) >= 11 is 0. The van der Waals surface area contributed by atoms with Crippen molar-refractivity contribution in [2.75, 3.05) is 0 Å². The fourth-order valence-corrected chi connectivity index (χ4v) is 5.35. The minimum atomic E-state index is -4.11. The Kier molecular flexibility index (Phi) is 8.05. The molecule has 27 heavy (non-hydrogen) atoms. The number of hydrogen-bond acceptors (Lipinski definition) is 2. The van der Waals surface area contributed by atoms with E-state index in [0.717, 1.165) is 43.4 Å². The van der Waals surface area contributed by atoms with Crippen LogP contribution in [0.25, 0.3) is 0 Å². The summed E-state index contributed by atoms with van der Waals surface area (Å²) in [5.74, 6) is 1.05. The molecule has 5 heteroatoms. The van der Waals surface area contributed by atoms with Gasteiger partial charge in [-0.3, -0.25) is 4.79 Å². The Bertz CT molecular complexity index is 467. The zero-order chi connectivity index (χ0) is 18.7. The van der Waals surface area contributed by atoms with Gasteiger partial charge in [0.15, 0.2) is 0 Å². The van der Waals surface area contributed by atoms with Gasteiger partial charge in [-0.1, -0.05) is 27.2 Å². The van der Waals surface area contributed by atoms with Gasteiger partial charge in [-0.2, -0.15) is 13.2 Å². The first-order valence-electron chi connectivity index (χ1n) is 10.6. The average Bonchev–Trinajstić information content (AvgIpc) is 2.62. The van der Waals surface area contributed by atoms with Crippen molar-refractivity contribution in [3.05, 3.63) is 0 Å². The number of esters is 1. The van der Waals surface area contributed by atoms with Crippen molar-refractivity contribution < 1.29 is 27.0 Å². The first-order valence-corrected chi connectivity index (χ1v) is 10.6. The molecule has 0 atom stereocenters. The second-order valence-electron chi connectivity index (χ2n) is 9.08. The fraction of sp³-hybridized carbons (Fsp3) is 0.955. The molecule has 0 bridgehead atoms. The third-order valence-electron chi connectivity index (χ3n) is 7.25. The van der Waals surface area contributed by atoms with E-state index >= 15 is 0 Å². The van der Waals surface area contributed by atoms with E-state index in [9.17, 15) is 18.0 Å². The lowest BCUT2D eigenvalue weighted by atomic mass is 9.69. The highest BCUT2D eigenvalue weighted by molar-refractivity contribution is 5.72. The molecule has 3 aliphatic carbocycles. The molecule has 2 nitrogen and oxygen atoms in total. The van der Waals surface area contributed by atoms with Gasteiger partial charge >= 0.3 is 12.1 Å². The Morgan fingerprint density at radius 1 is 0.815 bits per heavy atom. The summed E-state index contributed by atoms with van der Waals surface area (Å²) in [7, 11) is 0. The molecule has 0 aromatic carbocycles. The molecule has 0 N–H and O–H groups in total. The summed E-state index contributed by atoms with van der Waals surface area (Å²) in [5, 5.41) is 0. The van der Waals surface area contributed by atoms with Gasteiger partial charge in [-0.05, 0) is 82.0 Å². The van der Waals surface area contributed by atoms with Crippen molar-refractivity contribution in [1.29, 1.82) is 0 Å². The molecule has 164 valence electrons. The number of rotatable bonds is 3. The highest BCUT2D eigenvalue weighted by Crippen LogP contribution is 2.42. The maximum absolute atomic E-state index is 12.7. The quantitative estimate of drug-likeness (QED) is 0.458. The molecule has 0 amide bonds. The molecular formula is C22H43F3O2. The average molecular weight is 397 g/mol. The molecule has 0 radical (unpaired) electrons. The molecule has 0 heterocycles. The number of halogens is 3. The van der Waals surface area contributed by atoms with Crippen LogP contribution in [0.2, 0.25) is 0 Å². The largest absolute Gasteiger partial charge is 0.462 e. The van der Waals surface area contributed by atoms with Crippen molar-refractivity contribution in [3.63, 3.8) is 0 Å². The van der Waals surface area contributed by atoms with Crippen LogP contribution in [0.15, 0.2) is 0 Å². The van der Waals surface area contributed by atoms with E-state index in [0.29, 0.717) is 12.8 Å². The van der Waals surface area contributed by atoms with Crippen molar-refractivity contribution in [3.8, 4) is 0 Å². The Labute approximate surface area is 167 Å². The zero-order valence-electron chi connectivity index (χ0n) is 15.9. The van der Waals surface area contributed by atoms with Crippen molar-refractivity contribution in [2.45, 2.75) is 104 Å². The molecule has 3 rings (SSSR count). The van der Waals surface area contributed by atoms with Crippen molar-refractivity contribution >= 4 is 5.97 Å². The van der Waals surface area contributed by atoms with E-state index < -0.39 is 12.1 Å². The molecule has 0 unspecified atom stereocenters.